The van der Waals surface area contributed by atoms with Crippen LogP contribution in [-0.4, -0.2) is 42.6 Å². The molecule has 1 unspecified atom stereocenters. The van der Waals surface area contributed by atoms with Crippen molar-refractivity contribution in [3.05, 3.63) is 23.8 Å². The van der Waals surface area contributed by atoms with Crippen molar-refractivity contribution in [2.75, 3.05) is 7.11 Å². The van der Waals surface area contributed by atoms with Crippen LogP contribution in [0.1, 0.15) is 84.6 Å². The molecule has 0 saturated heterocycles. The van der Waals surface area contributed by atoms with Crippen LogP contribution in [0.3, 0.4) is 0 Å². The second-order valence-electron chi connectivity index (χ2n) is 8.66. The van der Waals surface area contributed by atoms with Crippen LogP contribution in [0.15, 0.2) is 18.2 Å². The smallest absolute Gasteiger partial charge is 0.326 e. The van der Waals surface area contributed by atoms with Crippen LogP contribution in [0, 0.1) is 0 Å². The average molecular weight is 494 g/mol. The van der Waals surface area contributed by atoms with Crippen LogP contribution < -0.4 is 15.2 Å². The van der Waals surface area contributed by atoms with E-state index in [0.717, 1.165) is 6.42 Å². The number of ether oxygens (including phenoxy) is 4. The number of hydrogen-bond donors (Lipinski definition) is 1. The highest BCUT2D eigenvalue weighted by Gasteiger charge is 2.38. The first-order valence-corrected chi connectivity index (χ1v) is 12.2. The lowest BCUT2D eigenvalue weighted by molar-refractivity contribution is -0.155. The van der Waals surface area contributed by atoms with Gasteiger partial charge in [-0.25, -0.2) is 0 Å². The molecule has 9 heteroatoms. The van der Waals surface area contributed by atoms with Gasteiger partial charge in [-0.05, 0) is 43.9 Å². The molecule has 35 heavy (non-hydrogen) atoms. The van der Waals surface area contributed by atoms with Gasteiger partial charge in [0.05, 0.1) is 7.11 Å². The summed E-state index contributed by atoms with van der Waals surface area (Å²) in [4.78, 5) is 48.8. The first-order chi connectivity index (χ1) is 16.6. The first kappa shape index (κ1) is 30.1. The van der Waals surface area contributed by atoms with Crippen molar-refractivity contribution in [1.29, 1.82) is 0 Å². The molecule has 9 nitrogen and oxygen atoms in total. The Morgan fingerprint density at radius 1 is 0.886 bits per heavy atom. The Hall–Kier alpha value is -2.94. The summed E-state index contributed by atoms with van der Waals surface area (Å²) in [6.45, 7) is 7.34. The van der Waals surface area contributed by atoms with Gasteiger partial charge in [-0.15, -0.1) is 0 Å². The minimum atomic E-state index is -1.51. The SMILES string of the molecule is CCCCC(=O)OC(C)C[C@@](N)(Cc1ccc(OC(=O)CCC)c(OC(=O)CCC)c1)C(=O)OC. The zero-order valence-electron chi connectivity index (χ0n) is 21.5. The third-order valence-electron chi connectivity index (χ3n) is 5.19. The number of carbonyl (C=O) groups is 4. The van der Waals surface area contributed by atoms with Crippen LogP contribution in [0.4, 0.5) is 0 Å². The lowest BCUT2D eigenvalue weighted by Crippen LogP contribution is -2.53. The van der Waals surface area contributed by atoms with Crippen LogP contribution >= 0.6 is 0 Å². The maximum atomic E-state index is 12.6. The molecule has 1 aromatic carbocycles. The zero-order valence-corrected chi connectivity index (χ0v) is 21.5. The maximum Gasteiger partial charge on any atom is 0.326 e. The number of methoxy groups -OCH3 is 1. The standard InChI is InChI=1S/C26H39NO8/c1-6-9-12-24(30)33-18(4)16-26(27,25(31)32-5)17-19-13-14-20(34-22(28)10-7-2)21(15-19)35-23(29)11-8-3/h13-15,18H,6-12,16-17,27H2,1-5H3/t18?,26-/m1/s1. The van der Waals surface area contributed by atoms with Gasteiger partial charge in [-0.1, -0.05) is 33.3 Å². The fraction of sp³-hybridized carbons (Fsp3) is 0.615. The van der Waals surface area contributed by atoms with Crippen molar-refractivity contribution < 1.29 is 38.1 Å². The van der Waals surface area contributed by atoms with Gasteiger partial charge in [-0.3, -0.25) is 19.2 Å². The van der Waals surface area contributed by atoms with Gasteiger partial charge in [0.1, 0.15) is 11.6 Å². The molecule has 1 rings (SSSR count). The minimum absolute atomic E-state index is 0.0119. The Balaban J connectivity index is 3.17. The quantitative estimate of drug-likeness (QED) is 0.284. The number of hydrogen-bond acceptors (Lipinski definition) is 9. The summed E-state index contributed by atoms with van der Waals surface area (Å²) >= 11 is 0. The third-order valence-corrected chi connectivity index (χ3v) is 5.19. The third kappa shape index (κ3) is 10.5. The molecular weight excluding hydrogens is 454 g/mol. The summed E-state index contributed by atoms with van der Waals surface area (Å²) in [7, 11) is 1.23. The fourth-order valence-corrected chi connectivity index (χ4v) is 3.54. The van der Waals surface area contributed by atoms with E-state index in [9.17, 15) is 19.2 Å². The van der Waals surface area contributed by atoms with Crippen LogP contribution in [-0.2, 0) is 35.1 Å². The van der Waals surface area contributed by atoms with E-state index in [1.54, 1.807) is 13.0 Å². The van der Waals surface area contributed by atoms with E-state index in [1.807, 2.05) is 20.8 Å². The predicted molar refractivity (Wildman–Crippen MR) is 130 cm³/mol. The molecule has 0 aliphatic rings. The molecule has 196 valence electrons. The minimum Gasteiger partial charge on any atom is -0.468 e. The Morgan fingerprint density at radius 3 is 2.03 bits per heavy atom. The maximum absolute atomic E-state index is 12.6. The fourth-order valence-electron chi connectivity index (χ4n) is 3.54. The van der Waals surface area contributed by atoms with E-state index >= 15 is 0 Å². The largest absolute Gasteiger partial charge is 0.468 e. The van der Waals surface area contributed by atoms with Gasteiger partial charge in [0, 0.05) is 32.1 Å². The van der Waals surface area contributed by atoms with Gasteiger partial charge < -0.3 is 24.7 Å². The Bertz CT molecular complexity index is 869. The van der Waals surface area contributed by atoms with E-state index in [-0.39, 0.29) is 43.2 Å². The average Bonchev–Trinajstić information content (AvgIpc) is 2.78. The topological polar surface area (TPSA) is 131 Å². The summed E-state index contributed by atoms with van der Waals surface area (Å²) in [6, 6.07) is 4.65. The number of benzene rings is 1. The first-order valence-electron chi connectivity index (χ1n) is 12.2. The summed E-state index contributed by atoms with van der Waals surface area (Å²) in [5.74, 6) is -1.77. The molecule has 2 atom stereocenters. The van der Waals surface area contributed by atoms with Crippen LogP contribution in [0.25, 0.3) is 0 Å². The van der Waals surface area contributed by atoms with E-state index in [0.29, 0.717) is 31.2 Å². The van der Waals surface area contributed by atoms with Crippen molar-refractivity contribution >= 4 is 23.9 Å². The lowest BCUT2D eigenvalue weighted by atomic mass is 9.86. The van der Waals surface area contributed by atoms with Crippen LogP contribution in [0.2, 0.25) is 0 Å². The van der Waals surface area contributed by atoms with Crippen molar-refractivity contribution in [3.8, 4) is 11.5 Å². The van der Waals surface area contributed by atoms with E-state index in [1.165, 1.54) is 19.2 Å². The molecule has 0 aliphatic heterocycles. The molecule has 0 fully saturated rings. The van der Waals surface area contributed by atoms with Gasteiger partial charge in [-0.2, -0.15) is 0 Å². The highest BCUT2D eigenvalue weighted by Crippen LogP contribution is 2.32. The highest BCUT2D eigenvalue weighted by molar-refractivity contribution is 5.81. The van der Waals surface area contributed by atoms with Crippen LogP contribution in [0.5, 0.6) is 11.5 Å². The van der Waals surface area contributed by atoms with Crippen molar-refractivity contribution in [1.82, 2.24) is 0 Å². The van der Waals surface area contributed by atoms with E-state index in [4.69, 9.17) is 24.7 Å². The highest BCUT2D eigenvalue weighted by atomic mass is 16.6. The molecule has 0 bridgehead atoms. The van der Waals surface area contributed by atoms with E-state index < -0.39 is 29.6 Å². The number of unbranched alkanes of at least 4 members (excludes halogenated alkanes) is 1. The molecule has 1 aromatic rings. The number of nitrogens with two attached hydrogens (primary N) is 1. The number of esters is 4. The molecule has 0 amide bonds. The second kappa shape index (κ2) is 15.1. The molecule has 2 N–H and O–H groups in total. The van der Waals surface area contributed by atoms with Gasteiger partial charge in [0.25, 0.3) is 0 Å². The van der Waals surface area contributed by atoms with Crippen molar-refractivity contribution in [2.45, 2.75) is 97.1 Å². The summed E-state index contributed by atoms with van der Waals surface area (Å²) in [5.41, 5.74) is 5.50. The monoisotopic (exact) mass is 493 g/mol. The van der Waals surface area contributed by atoms with Gasteiger partial charge in [0.2, 0.25) is 0 Å². The number of rotatable bonds is 15. The Morgan fingerprint density at radius 2 is 1.49 bits per heavy atom. The Labute approximate surface area is 207 Å². The van der Waals surface area contributed by atoms with Gasteiger partial charge in [0.15, 0.2) is 11.5 Å². The summed E-state index contributed by atoms with van der Waals surface area (Å²) < 4.78 is 21.1. The summed E-state index contributed by atoms with van der Waals surface area (Å²) in [5, 5.41) is 0. The molecule has 0 aliphatic carbocycles. The summed E-state index contributed by atoms with van der Waals surface area (Å²) in [6.07, 6.45) is 2.88. The molecule has 0 radical (unpaired) electrons. The second-order valence-corrected chi connectivity index (χ2v) is 8.66. The van der Waals surface area contributed by atoms with Crippen molar-refractivity contribution in [2.24, 2.45) is 5.73 Å². The zero-order chi connectivity index (χ0) is 26.4. The molecule has 0 heterocycles. The van der Waals surface area contributed by atoms with Crippen molar-refractivity contribution in [3.63, 3.8) is 0 Å². The van der Waals surface area contributed by atoms with Gasteiger partial charge >= 0.3 is 23.9 Å². The van der Waals surface area contributed by atoms with E-state index in [2.05, 4.69) is 0 Å². The molecule has 0 spiro atoms. The molecule has 0 saturated carbocycles. The Kier molecular flexibility index (Phi) is 13.0. The molecular formula is C26H39NO8. The number of carbonyl (C=O) groups excluding carboxylic acids is 4. The normalized spacial score (nSPS) is 13.3. The lowest BCUT2D eigenvalue weighted by Gasteiger charge is -2.29. The predicted octanol–water partition coefficient (Wildman–Crippen LogP) is 4.02. The molecule has 0 aromatic heterocycles.